The lowest BCUT2D eigenvalue weighted by atomic mass is 10.2. The fourth-order valence-corrected chi connectivity index (χ4v) is 4.72. The molecule has 0 radical (unpaired) electrons. The molecule has 1 rings (SSSR count). The summed E-state index contributed by atoms with van der Waals surface area (Å²) in [6.45, 7) is 5.85. The van der Waals surface area contributed by atoms with E-state index in [2.05, 4.69) is 51.5 Å². The van der Waals surface area contributed by atoms with E-state index >= 15 is 0 Å². The largest absolute Gasteiger partial charge is 0.358 e. The van der Waals surface area contributed by atoms with Gasteiger partial charge in [0.1, 0.15) is 11.1 Å². The Kier molecular flexibility index (Phi) is 66.6. The van der Waals surface area contributed by atoms with Crippen LogP contribution in [-0.4, -0.2) is 95.4 Å². The van der Waals surface area contributed by atoms with Crippen molar-refractivity contribution in [3.8, 4) is 0 Å². The Hall–Kier alpha value is -2.31. The quantitative estimate of drug-likeness (QED) is 0.0832. The highest BCUT2D eigenvalue weighted by Crippen LogP contribution is 2.17. The molecule has 4 amide bonds. The zero-order chi connectivity index (χ0) is 35.9. The Morgan fingerprint density at radius 3 is 1.52 bits per heavy atom. The van der Waals surface area contributed by atoms with Gasteiger partial charge in [-0.15, -0.1) is 0 Å². The summed E-state index contributed by atoms with van der Waals surface area (Å²) < 4.78 is 0. The smallest absolute Gasteiger partial charge is 0.243 e. The van der Waals surface area contributed by atoms with E-state index in [4.69, 9.17) is 11.5 Å². The van der Waals surface area contributed by atoms with Gasteiger partial charge in [0, 0.05) is 63.9 Å². The minimum Gasteiger partial charge on any atom is -0.358 e. The number of thiol groups is 2. The highest BCUT2D eigenvalue weighted by Gasteiger charge is 2.17. The van der Waals surface area contributed by atoms with Crippen molar-refractivity contribution < 1.29 is 28.8 Å². The first-order chi connectivity index (χ1) is 21.8. The van der Waals surface area contributed by atoms with Crippen molar-refractivity contribution in [3.05, 3.63) is 24.4 Å². The van der Waals surface area contributed by atoms with Crippen molar-refractivity contribution in [2.24, 2.45) is 11.5 Å². The number of pyridine rings is 1. The van der Waals surface area contributed by atoms with E-state index < -0.39 is 18.1 Å². The molecule has 0 aliphatic heterocycles. The lowest BCUT2D eigenvalue weighted by molar-refractivity contribution is -0.128. The number of rotatable bonds is 15. The molecule has 0 aliphatic carbocycles. The van der Waals surface area contributed by atoms with Crippen molar-refractivity contribution in [2.45, 2.75) is 127 Å². The predicted octanol–water partition coefficient (Wildman–Crippen LogP) is 5.37. The molecule has 1 aromatic heterocycles. The standard InChI is InChI=1S/C9H11NOS.2C8H16N2O2S.C4H10N2OS.6CH4/c1-2-5-9(11)12-8-6-3-4-7-10-8;1-3-4-7(11)13-5-6(9)8(12)10-2;1-3-4-7(11)10-6(5-13)8(12)9-2;1-6-4(7)3(5)2-8;;;;;;/h3-4,6-7H,2,5H2,1H3;6H,3-5,9H2,1-2H3,(H,10,12);6,13H,3-5H2,1-2H3,(H,9,12)(H,10,11);3,8H,2,5H2,1H3,(H,6,7);6*1H4/t;2*6-;3-;;;;;;/m.111....../s1. The van der Waals surface area contributed by atoms with E-state index in [1.54, 1.807) is 13.2 Å². The topological polar surface area (TPSA) is 215 Å². The number of nitrogens with two attached hydrogens (primary N) is 2. The summed E-state index contributed by atoms with van der Waals surface area (Å²) in [6, 6.07) is 3.99. The number of hydrogen-bond donors (Lipinski definition) is 8. The molecule has 1 heterocycles. The van der Waals surface area contributed by atoms with Gasteiger partial charge >= 0.3 is 0 Å². The van der Waals surface area contributed by atoms with Crippen LogP contribution in [0.3, 0.4) is 0 Å². The number of carbonyl (C=O) groups is 6. The van der Waals surface area contributed by atoms with Crippen LogP contribution in [0.25, 0.3) is 0 Å². The maximum atomic E-state index is 11.1. The maximum absolute atomic E-state index is 11.1. The van der Waals surface area contributed by atoms with E-state index in [-0.39, 0.29) is 78.4 Å². The summed E-state index contributed by atoms with van der Waals surface area (Å²) in [5, 5.41) is 11.0. The molecular weight excluding hydrogens is 743 g/mol. The third-order valence-electron chi connectivity index (χ3n) is 5.11. The van der Waals surface area contributed by atoms with Crippen LogP contribution in [0, 0.1) is 0 Å². The first kappa shape index (κ1) is 71.1. The van der Waals surface area contributed by atoms with Crippen LogP contribution in [0.2, 0.25) is 0 Å². The van der Waals surface area contributed by atoms with Crippen LogP contribution in [-0.2, 0) is 28.8 Å². The summed E-state index contributed by atoms with van der Waals surface area (Å²) in [6.07, 6.45) is 5.83. The van der Waals surface area contributed by atoms with Gasteiger partial charge in [-0.25, -0.2) is 4.98 Å². The molecule has 0 bridgehead atoms. The number of thioether (sulfide) groups is 2. The summed E-state index contributed by atoms with van der Waals surface area (Å²) in [5.74, 6) is 0.356. The summed E-state index contributed by atoms with van der Waals surface area (Å²) in [7, 11) is 4.61. The molecule has 0 spiro atoms. The van der Waals surface area contributed by atoms with Crippen LogP contribution >= 0.6 is 48.8 Å². The summed E-state index contributed by atoms with van der Waals surface area (Å²) in [5.41, 5.74) is 10.7. The van der Waals surface area contributed by atoms with Crippen LogP contribution in [0.5, 0.6) is 0 Å². The third kappa shape index (κ3) is 42.1. The predicted molar refractivity (Wildman–Crippen MR) is 235 cm³/mol. The van der Waals surface area contributed by atoms with E-state index in [0.717, 1.165) is 36.1 Å². The maximum Gasteiger partial charge on any atom is 0.243 e. The average Bonchev–Trinajstić information content (AvgIpc) is 3.06. The molecule has 3 atom stereocenters. The minimum absolute atomic E-state index is 0. The molecule has 0 fully saturated rings. The van der Waals surface area contributed by atoms with Gasteiger partial charge in [0.25, 0.3) is 0 Å². The van der Waals surface area contributed by atoms with Gasteiger partial charge in [0.15, 0.2) is 10.2 Å². The lowest BCUT2D eigenvalue weighted by Crippen LogP contribution is -2.46. The zero-order valence-electron chi connectivity index (χ0n) is 27.7. The Labute approximate surface area is 337 Å². The van der Waals surface area contributed by atoms with Gasteiger partial charge in [0.05, 0.1) is 12.1 Å². The van der Waals surface area contributed by atoms with E-state index in [1.165, 1.54) is 25.9 Å². The van der Waals surface area contributed by atoms with Crippen molar-refractivity contribution in [2.75, 3.05) is 38.4 Å². The second-order valence-electron chi connectivity index (χ2n) is 9.12. The van der Waals surface area contributed by atoms with Crippen LogP contribution in [0.1, 0.15) is 104 Å². The van der Waals surface area contributed by atoms with Gasteiger partial charge in [-0.3, -0.25) is 28.8 Å². The van der Waals surface area contributed by atoms with Crippen molar-refractivity contribution in [1.82, 2.24) is 26.3 Å². The van der Waals surface area contributed by atoms with Gasteiger partial charge in [0.2, 0.25) is 23.6 Å². The van der Waals surface area contributed by atoms with Gasteiger partial charge in [-0.2, -0.15) is 25.3 Å². The molecule has 0 aliphatic rings. The first-order valence-electron chi connectivity index (χ1n) is 14.8. The third-order valence-corrected chi connectivity index (χ3v) is 7.80. The Balaban J connectivity index is -0.0000000660. The number of nitrogens with zero attached hydrogens (tertiary/aromatic N) is 1. The Bertz CT molecular complexity index is 1010. The van der Waals surface area contributed by atoms with Gasteiger partial charge in [-0.05, 0) is 43.2 Å². The summed E-state index contributed by atoms with van der Waals surface area (Å²) in [4.78, 5) is 69.8. The summed E-state index contributed by atoms with van der Waals surface area (Å²) >= 11 is 10.1. The van der Waals surface area contributed by atoms with Gasteiger partial charge < -0.3 is 32.7 Å². The molecule has 13 nitrogen and oxygen atoms in total. The SMILES string of the molecule is C.C.C.C.C.C.CCCC(=O)N[C@H](CS)C(=O)NC.CCCC(=O)SC[C@@H](N)C(=O)NC.CCCC(=O)Sc1ccccn1.CNC(=O)[C@H](N)CS. The van der Waals surface area contributed by atoms with Crippen molar-refractivity contribution >= 4 is 82.6 Å². The van der Waals surface area contributed by atoms with E-state index in [1.807, 2.05) is 39.0 Å². The molecule has 0 aromatic carbocycles. The second kappa shape index (κ2) is 48.7. The molecule has 0 saturated carbocycles. The fraction of sp³-hybridized carbons (Fsp3) is 0.686. The Morgan fingerprint density at radius 2 is 1.15 bits per heavy atom. The Morgan fingerprint density at radius 1 is 0.692 bits per heavy atom. The van der Waals surface area contributed by atoms with Crippen LogP contribution in [0.4, 0.5) is 0 Å². The molecule has 0 unspecified atom stereocenters. The van der Waals surface area contributed by atoms with Crippen molar-refractivity contribution in [1.29, 1.82) is 0 Å². The lowest BCUT2D eigenvalue weighted by Gasteiger charge is -2.14. The number of aromatic nitrogens is 1. The molecule has 312 valence electrons. The second-order valence-corrected chi connectivity index (χ2v) is 12.0. The first-order valence-corrected chi connectivity index (χ1v) is 17.8. The normalized spacial score (nSPS) is 10.3. The van der Waals surface area contributed by atoms with Crippen LogP contribution in [0.15, 0.2) is 29.4 Å². The highest BCUT2D eigenvalue weighted by molar-refractivity contribution is 8.13. The zero-order valence-corrected chi connectivity index (χ0v) is 31.1. The van der Waals surface area contributed by atoms with Crippen molar-refractivity contribution in [3.63, 3.8) is 0 Å². The number of carbonyl (C=O) groups excluding carboxylic acids is 6. The van der Waals surface area contributed by atoms with E-state index in [9.17, 15) is 28.8 Å². The molecule has 0 saturated heterocycles. The minimum atomic E-state index is -0.587. The molecule has 1 aromatic rings. The van der Waals surface area contributed by atoms with Gasteiger partial charge in [-0.1, -0.05) is 83.2 Å². The molecule has 52 heavy (non-hydrogen) atoms. The number of hydrogen-bond acceptors (Lipinski definition) is 13. The number of amides is 4. The monoisotopic (exact) mass is 819 g/mol. The number of likely N-dealkylation sites (N-methyl/N-ethyl adjacent to an activating group) is 3. The molecular formula is C35H77N7O6S4. The highest BCUT2D eigenvalue weighted by atomic mass is 32.2. The van der Waals surface area contributed by atoms with E-state index in [0.29, 0.717) is 36.5 Å². The number of nitrogens with one attached hydrogen (secondary N) is 4. The van der Waals surface area contributed by atoms with Crippen LogP contribution < -0.4 is 32.7 Å². The fourth-order valence-electron chi connectivity index (χ4n) is 2.63. The average molecular weight is 820 g/mol. The molecule has 17 heteroatoms. The molecule has 8 N–H and O–H groups in total.